The number of anilines is 1. The van der Waals surface area contributed by atoms with Crippen molar-refractivity contribution in [3.63, 3.8) is 0 Å². The van der Waals surface area contributed by atoms with Crippen molar-refractivity contribution < 1.29 is 34.5 Å². The molecule has 0 bridgehead atoms. The van der Waals surface area contributed by atoms with Gasteiger partial charge in [0.2, 0.25) is 0 Å². The summed E-state index contributed by atoms with van der Waals surface area (Å²) in [5.41, 5.74) is 6.65. The SMILES string of the molecule is Nc1ccc(CC(NC(=O)NC(CCC(=O)O)C(=O)O)C(=O)O)cc1. The second-order valence-electron chi connectivity index (χ2n) is 5.28. The number of rotatable bonds is 9. The summed E-state index contributed by atoms with van der Waals surface area (Å²) in [4.78, 5) is 44.7. The van der Waals surface area contributed by atoms with Gasteiger partial charge in [0.25, 0.3) is 0 Å². The van der Waals surface area contributed by atoms with Gasteiger partial charge in [0.1, 0.15) is 12.1 Å². The molecule has 1 aromatic rings. The van der Waals surface area contributed by atoms with Crippen LogP contribution in [0, 0.1) is 0 Å². The second kappa shape index (κ2) is 9.11. The van der Waals surface area contributed by atoms with E-state index < -0.39 is 42.4 Å². The van der Waals surface area contributed by atoms with Crippen LogP contribution in [0.4, 0.5) is 10.5 Å². The van der Waals surface area contributed by atoms with Gasteiger partial charge in [0.15, 0.2) is 0 Å². The zero-order chi connectivity index (χ0) is 19.0. The molecule has 0 saturated carbocycles. The van der Waals surface area contributed by atoms with E-state index in [0.29, 0.717) is 11.3 Å². The highest BCUT2D eigenvalue weighted by molar-refractivity contribution is 5.86. The number of carbonyl (C=O) groups is 4. The molecule has 1 rings (SSSR count). The number of amides is 2. The lowest BCUT2D eigenvalue weighted by atomic mass is 10.1. The summed E-state index contributed by atoms with van der Waals surface area (Å²) in [6, 6.07) is 2.64. The fourth-order valence-corrected chi connectivity index (χ4v) is 1.97. The first-order valence-electron chi connectivity index (χ1n) is 7.28. The number of carbonyl (C=O) groups excluding carboxylic acids is 1. The quantitative estimate of drug-likeness (QED) is 0.332. The Morgan fingerprint density at radius 1 is 0.920 bits per heavy atom. The first-order chi connectivity index (χ1) is 11.7. The Morgan fingerprint density at radius 2 is 1.44 bits per heavy atom. The van der Waals surface area contributed by atoms with Crippen LogP contribution >= 0.6 is 0 Å². The van der Waals surface area contributed by atoms with Gasteiger partial charge in [-0.25, -0.2) is 14.4 Å². The van der Waals surface area contributed by atoms with Crippen molar-refractivity contribution in [3.8, 4) is 0 Å². The van der Waals surface area contributed by atoms with E-state index in [2.05, 4.69) is 10.6 Å². The van der Waals surface area contributed by atoms with Crippen LogP contribution in [0.25, 0.3) is 0 Å². The van der Waals surface area contributed by atoms with Crippen LogP contribution < -0.4 is 16.4 Å². The fourth-order valence-electron chi connectivity index (χ4n) is 1.97. The molecule has 136 valence electrons. The Bertz CT molecular complexity index is 645. The number of nitrogen functional groups attached to an aromatic ring is 1. The number of hydrogen-bond acceptors (Lipinski definition) is 5. The minimum atomic E-state index is -1.44. The van der Waals surface area contributed by atoms with Crippen LogP contribution in [-0.4, -0.2) is 51.3 Å². The third-order valence-corrected chi connectivity index (χ3v) is 3.27. The third-order valence-electron chi connectivity index (χ3n) is 3.27. The molecule has 0 aliphatic heterocycles. The summed E-state index contributed by atoms with van der Waals surface area (Å²) >= 11 is 0. The van der Waals surface area contributed by atoms with Gasteiger partial charge in [0.05, 0.1) is 0 Å². The van der Waals surface area contributed by atoms with Gasteiger partial charge < -0.3 is 31.7 Å². The smallest absolute Gasteiger partial charge is 0.326 e. The molecule has 10 nitrogen and oxygen atoms in total. The maximum Gasteiger partial charge on any atom is 0.326 e. The first-order valence-corrected chi connectivity index (χ1v) is 7.28. The van der Waals surface area contributed by atoms with E-state index in [1.54, 1.807) is 24.3 Å². The maximum absolute atomic E-state index is 11.8. The molecule has 0 heterocycles. The van der Waals surface area contributed by atoms with Crippen molar-refractivity contribution in [2.24, 2.45) is 0 Å². The molecule has 0 saturated heterocycles. The average molecular weight is 353 g/mol. The summed E-state index contributed by atoms with van der Waals surface area (Å²) < 4.78 is 0. The predicted octanol–water partition coefficient (Wildman–Crippen LogP) is -0.118. The molecule has 10 heteroatoms. The molecule has 0 radical (unpaired) electrons. The summed E-state index contributed by atoms with van der Waals surface area (Å²) in [7, 11) is 0. The summed E-state index contributed by atoms with van der Waals surface area (Å²) in [6.07, 6.45) is -0.811. The first kappa shape index (κ1) is 19.7. The van der Waals surface area contributed by atoms with Crippen molar-refractivity contribution in [1.29, 1.82) is 0 Å². The topological polar surface area (TPSA) is 179 Å². The molecule has 2 unspecified atom stereocenters. The number of carboxylic acid groups (broad SMARTS) is 3. The summed E-state index contributed by atoms with van der Waals surface area (Å²) in [5.74, 6) is -3.92. The Hall–Kier alpha value is -3.30. The Labute approximate surface area is 142 Å². The standard InChI is InChI=1S/C15H19N3O7/c16-9-3-1-8(2-4-9)7-11(14(23)24)18-15(25)17-10(13(21)22)5-6-12(19)20/h1-4,10-11H,5-7,16H2,(H,19,20)(H,21,22)(H,23,24)(H2,17,18,25). The van der Waals surface area contributed by atoms with E-state index in [1.807, 2.05) is 0 Å². The minimum Gasteiger partial charge on any atom is -0.481 e. The van der Waals surface area contributed by atoms with Gasteiger partial charge in [-0.05, 0) is 24.1 Å². The number of benzene rings is 1. The fraction of sp³-hybridized carbons (Fsp3) is 0.333. The molecule has 2 atom stereocenters. The number of carboxylic acids is 3. The lowest BCUT2D eigenvalue weighted by Crippen LogP contribution is -2.51. The van der Waals surface area contributed by atoms with Crippen LogP contribution in [-0.2, 0) is 20.8 Å². The van der Waals surface area contributed by atoms with Crippen molar-refractivity contribution in [1.82, 2.24) is 10.6 Å². The molecular weight excluding hydrogens is 334 g/mol. The number of urea groups is 1. The molecule has 2 amide bonds. The third kappa shape index (κ3) is 7.20. The molecule has 0 spiro atoms. The van der Waals surface area contributed by atoms with E-state index in [-0.39, 0.29) is 12.8 Å². The van der Waals surface area contributed by atoms with Gasteiger partial charge in [0, 0.05) is 18.5 Å². The van der Waals surface area contributed by atoms with E-state index in [1.165, 1.54) is 0 Å². The normalized spacial score (nSPS) is 12.6. The van der Waals surface area contributed by atoms with E-state index in [0.717, 1.165) is 0 Å². The number of nitrogens with one attached hydrogen (secondary N) is 2. The molecule has 25 heavy (non-hydrogen) atoms. The average Bonchev–Trinajstić information content (AvgIpc) is 2.52. The van der Waals surface area contributed by atoms with Crippen molar-refractivity contribution >= 4 is 29.6 Å². The van der Waals surface area contributed by atoms with Crippen molar-refractivity contribution in [3.05, 3.63) is 29.8 Å². The highest BCUT2D eigenvalue weighted by Gasteiger charge is 2.25. The Kier molecular flexibility index (Phi) is 7.19. The highest BCUT2D eigenvalue weighted by Crippen LogP contribution is 2.08. The van der Waals surface area contributed by atoms with Gasteiger partial charge in [-0.2, -0.15) is 0 Å². The zero-order valence-electron chi connectivity index (χ0n) is 13.1. The number of nitrogens with two attached hydrogens (primary N) is 1. The van der Waals surface area contributed by atoms with Crippen molar-refractivity contribution in [2.75, 3.05) is 5.73 Å². The summed E-state index contributed by atoms with van der Waals surface area (Å²) in [5, 5.41) is 31.0. The lowest BCUT2D eigenvalue weighted by molar-refractivity contribution is -0.140. The van der Waals surface area contributed by atoms with Crippen LogP contribution in [0.5, 0.6) is 0 Å². The molecule has 0 aliphatic carbocycles. The van der Waals surface area contributed by atoms with E-state index >= 15 is 0 Å². The highest BCUT2D eigenvalue weighted by atomic mass is 16.4. The largest absolute Gasteiger partial charge is 0.481 e. The molecule has 1 aromatic carbocycles. The van der Waals surface area contributed by atoms with Gasteiger partial charge in [-0.3, -0.25) is 4.79 Å². The van der Waals surface area contributed by atoms with Crippen molar-refractivity contribution in [2.45, 2.75) is 31.3 Å². The molecule has 0 aliphatic rings. The number of hydrogen-bond donors (Lipinski definition) is 6. The predicted molar refractivity (Wildman–Crippen MR) is 85.9 cm³/mol. The minimum absolute atomic E-state index is 0.0318. The maximum atomic E-state index is 11.8. The second-order valence-corrected chi connectivity index (χ2v) is 5.28. The molecule has 7 N–H and O–H groups in total. The van der Waals surface area contributed by atoms with Gasteiger partial charge >= 0.3 is 23.9 Å². The van der Waals surface area contributed by atoms with E-state index in [9.17, 15) is 24.3 Å². The van der Waals surface area contributed by atoms with Crippen LogP contribution in [0.2, 0.25) is 0 Å². The molecular formula is C15H19N3O7. The van der Waals surface area contributed by atoms with Crippen LogP contribution in [0.15, 0.2) is 24.3 Å². The van der Waals surface area contributed by atoms with Gasteiger partial charge in [-0.1, -0.05) is 12.1 Å². The van der Waals surface area contributed by atoms with Crippen LogP contribution in [0.3, 0.4) is 0 Å². The van der Waals surface area contributed by atoms with Crippen LogP contribution in [0.1, 0.15) is 18.4 Å². The lowest BCUT2D eigenvalue weighted by Gasteiger charge is -2.18. The zero-order valence-corrected chi connectivity index (χ0v) is 13.1. The number of aliphatic carboxylic acids is 3. The summed E-state index contributed by atoms with van der Waals surface area (Å²) in [6.45, 7) is 0. The molecule has 0 fully saturated rings. The monoisotopic (exact) mass is 353 g/mol. The van der Waals surface area contributed by atoms with Gasteiger partial charge in [-0.15, -0.1) is 0 Å². The van der Waals surface area contributed by atoms with E-state index in [4.69, 9.17) is 15.9 Å². The Balaban J connectivity index is 2.68. The molecule has 0 aromatic heterocycles. The Morgan fingerprint density at radius 3 is 1.92 bits per heavy atom.